The van der Waals surface area contributed by atoms with Crippen LogP contribution in [0.3, 0.4) is 0 Å². The van der Waals surface area contributed by atoms with E-state index < -0.39 is 10.0 Å². The Labute approximate surface area is 156 Å². The Morgan fingerprint density at radius 1 is 1.19 bits per heavy atom. The Hall–Kier alpha value is -1.66. The number of carbonyl (C=O) groups is 1. The number of aryl methyl sites for hydroxylation is 1. The second kappa shape index (κ2) is 8.35. The molecule has 5 nitrogen and oxygen atoms in total. The van der Waals surface area contributed by atoms with Gasteiger partial charge in [0.15, 0.2) is 0 Å². The average molecular weight is 377 g/mol. The van der Waals surface area contributed by atoms with Crippen LogP contribution in [0.25, 0.3) is 0 Å². The second-order valence-electron chi connectivity index (χ2n) is 7.34. The van der Waals surface area contributed by atoms with Crippen molar-refractivity contribution in [1.82, 2.24) is 9.62 Å². The monoisotopic (exact) mass is 376 g/mol. The lowest BCUT2D eigenvalue weighted by Crippen LogP contribution is -2.45. The summed E-state index contributed by atoms with van der Waals surface area (Å²) < 4.78 is 27.2. The van der Waals surface area contributed by atoms with Crippen molar-refractivity contribution < 1.29 is 13.2 Å². The molecule has 1 N–H and O–H groups in total. The number of nitrogens with zero attached hydrogens (tertiary/aromatic N) is 1. The van der Waals surface area contributed by atoms with Crippen molar-refractivity contribution in [2.24, 2.45) is 5.92 Å². The van der Waals surface area contributed by atoms with E-state index in [0.717, 1.165) is 24.8 Å². The lowest BCUT2D eigenvalue weighted by atomic mass is 9.97. The van der Waals surface area contributed by atoms with Gasteiger partial charge in [0.05, 0.1) is 10.8 Å². The standard InChI is InChI=1S/C20H28N2O3S/c1-16-9-11-19(12-10-16)26(24,25)22-13-5-8-18(15-22)20(23)21-14-17-6-3-2-4-7-17/h6,9-12,18H,2-5,7-8,13-15H2,1H3,(H,21,23)/t18-/m1/s1. The third-order valence-corrected chi connectivity index (χ3v) is 7.17. The topological polar surface area (TPSA) is 66.5 Å². The maximum atomic E-state index is 12.9. The smallest absolute Gasteiger partial charge is 0.243 e. The van der Waals surface area contributed by atoms with Crippen LogP contribution in [-0.2, 0) is 14.8 Å². The molecule has 1 aromatic carbocycles. The summed E-state index contributed by atoms with van der Waals surface area (Å²) in [5.41, 5.74) is 2.32. The number of hydrogen-bond acceptors (Lipinski definition) is 3. The summed E-state index contributed by atoms with van der Waals surface area (Å²) in [5.74, 6) is -0.298. The summed E-state index contributed by atoms with van der Waals surface area (Å²) >= 11 is 0. The van der Waals surface area contributed by atoms with Crippen LogP contribution < -0.4 is 5.32 Å². The van der Waals surface area contributed by atoms with Crippen molar-refractivity contribution in [1.29, 1.82) is 0 Å². The molecular weight excluding hydrogens is 348 g/mol. The summed E-state index contributed by atoms with van der Waals surface area (Å²) in [6.45, 7) is 3.27. The molecule has 1 atom stereocenters. The van der Waals surface area contributed by atoms with Crippen molar-refractivity contribution in [3.8, 4) is 0 Å². The molecule has 26 heavy (non-hydrogen) atoms. The summed E-state index contributed by atoms with van der Waals surface area (Å²) in [7, 11) is -3.54. The van der Waals surface area contributed by atoms with Crippen LogP contribution in [0.5, 0.6) is 0 Å². The van der Waals surface area contributed by atoms with Gasteiger partial charge in [0, 0.05) is 19.6 Å². The Morgan fingerprint density at radius 2 is 1.96 bits per heavy atom. The van der Waals surface area contributed by atoms with Gasteiger partial charge < -0.3 is 5.32 Å². The molecule has 1 amide bonds. The van der Waals surface area contributed by atoms with E-state index in [-0.39, 0.29) is 18.4 Å². The summed E-state index contributed by atoms with van der Waals surface area (Å²) in [5, 5.41) is 3.01. The van der Waals surface area contributed by atoms with E-state index in [1.165, 1.54) is 22.7 Å². The molecule has 1 saturated heterocycles. The minimum Gasteiger partial charge on any atom is -0.352 e. The number of nitrogens with one attached hydrogen (secondary N) is 1. The molecule has 0 spiro atoms. The molecule has 1 aliphatic carbocycles. The van der Waals surface area contributed by atoms with E-state index in [0.29, 0.717) is 24.4 Å². The molecule has 1 aromatic rings. The number of sulfonamides is 1. The maximum Gasteiger partial charge on any atom is 0.243 e. The molecule has 142 valence electrons. The van der Waals surface area contributed by atoms with Crippen LogP contribution >= 0.6 is 0 Å². The number of allylic oxidation sites excluding steroid dienone is 1. The highest BCUT2D eigenvalue weighted by molar-refractivity contribution is 7.89. The summed E-state index contributed by atoms with van der Waals surface area (Å²) in [4.78, 5) is 12.8. The van der Waals surface area contributed by atoms with Gasteiger partial charge in [-0.2, -0.15) is 4.31 Å². The second-order valence-corrected chi connectivity index (χ2v) is 9.28. The molecule has 6 heteroatoms. The quantitative estimate of drug-likeness (QED) is 0.804. The zero-order valence-corrected chi connectivity index (χ0v) is 16.2. The van der Waals surface area contributed by atoms with E-state index >= 15 is 0 Å². The van der Waals surface area contributed by atoms with Gasteiger partial charge in [0.2, 0.25) is 15.9 Å². The highest BCUT2D eigenvalue weighted by Gasteiger charge is 2.33. The highest BCUT2D eigenvalue weighted by Crippen LogP contribution is 2.24. The van der Waals surface area contributed by atoms with E-state index in [4.69, 9.17) is 0 Å². The predicted molar refractivity (Wildman–Crippen MR) is 102 cm³/mol. The number of benzene rings is 1. The fourth-order valence-electron chi connectivity index (χ4n) is 3.64. The molecule has 0 bridgehead atoms. The lowest BCUT2D eigenvalue weighted by molar-refractivity contribution is -0.125. The van der Waals surface area contributed by atoms with E-state index in [9.17, 15) is 13.2 Å². The average Bonchev–Trinajstić information content (AvgIpc) is 2.67. The minimum absolute atomic E-state index is 0.0275. The molecule has 1 aliphatic heterocycles. The molecule has 2 aliphatic rings. The van der Waals surface area contributed by atoms with Gasteiger partial charge in [-0.3, -0.25) is 4.79 Å². The molecule has 0 saturated carbocycles. The van der Waals surface area contributed by atoms with Crippen LogP contribution in [0, 0.1) is 12.8 Å². The molecule has 1 fully saturated rings. The van der Waals surface area contributed by atoms with Crippen molar-refractivity contribution in [3.63, 3.8) is 0 Å². The summed E-state index contributed by atoms with van der Waals surface area (Å²) in [6.07, 6.45) is 8.24. The Balaban J connectivity index is 1.62. The minimum atomic E-state index is -3.54. The van der Waals surface area contributed by atoms with E-state index in [2.05, 4.69) is 11.4 Å². The number of amides is 1. The summed E-state index contributed by atoms with van der Waals surface area (Å²) in [6, 6.07) is 6.89. The lowest BCUT2D eigenvalue weighted by Gasteiger charge is -2.31. The van der Waals surface area contributed by atoms with E-state index in [1.54, 1.807) is 24.3 Å². The first kappa shape index (κ1) is 19.1. The molecule has 0 aromatic heterocycles. The zero-order chi connectivity index (χ0) is 18.6. The van der Waals surface area contributed by atoms with Crippen LogP contribution in [0.4, 0.5) is 0 Å². The molecule has 3 rings (SSSR count). The SMILES string of the molecule is Cc1ccc(S(=O)(=O)N2CCC[C@@H](C(=O)NCC3=CCCCC3)C2)cc1. The van der Waals surface area contributed by atoms with Gasteiger partial charge in [-0.05, 0) is 57.6 Å². The first-order chi connectivity index (χ1) is 12.5. The third-order valence-electron chi connectivity index (χ3n) is 5.29. The van der Waals surface area contributed by atoms with Gasteiger partial charge in [-0.25, -0.2) is 8.42 Å². The fourth-order valence-corrected chi connectivity index (χ4v) is 5.17. The largest absolute Gasteiger partial charge is 0.352 e. The molecule has 0 radical (unpaired) electrons. The molecule has 1 heterocycles. The molecule has 0 unspecified atom stereocenters. The van der Waals surface area contributed by atoms with Crippen molar-refractivity contribution >= 4 is 15.9 Å². The normalized spacial score (nSPS) is 21.9. The number of hydrogen-bond donors (Lipinski definition) is 1. The predicted octanol–water partition coefficient (Wildman–Crippen LogP) is 3.01. The molecular formula is C20H28N2O3S. The maximum absolute atomic E-state index is 12.9. The zero-order valence-electron chi connectivity index (χ0n) is 15.4. The van der Waals surface area contributed by atoms with Gasteiger partial charge in [-0.15, -0.1) is 0 Å². The third kappa shape index (κ3) is 4.54. The van der Waals surface area contributed by atoms with Gasteiger partial charge in [-0.1, -0.05) is 29.3 Å². The fraction of sp³-hybridized carbons (Fsp3) is 0.550. The van der Waals surface area contributed by atoms with Gasteiger partial charge in [0.1, 0.15) is 0 Å². The van der Waals surface area contributed by atoms with Gasteiger partial charge in [0.25, 0.3) is 0 Å². The first-order valence-corrected chi connectivity index (χ1v) is 10.9. The Morgan fingerprint density at radius 3 is 2.65 bits per heavy atom. The number of rotatable bonds is 5. The first-order valence-electron chi connectivity index (χ1n) is 9.49. The van der Waals surface area contributed by atoms with E-state index in [1.807, 2.05) is 6.92 Å². The Kier molecular flexibility index (Phi) is 6.14. The Bertz CT molecular complexity index is 769. The van der Waals surface area contributed by atoms with Crippen molar-refractivity contribution in [2.75, 3.05) is 19.6 Å². The number of piperidine rings is 1. The van der Waals surface area contributed by atoms with Crippen LogP contribution in [0.15, 0.2) is 40.8 Å². The van der Waals surface area contributed by atoms with Crippen LogP contribution in [-0.4, -0.2) is 38.3 Å². The van der Waals surface area contributed by atoms with Crippen LogP contribution in [0.1, 0.15) is 44.1 Å². The van der Waals surface area contributed by atoms with Crippen LogP contribution in [0.2, 0.25) is 0 Å². The number of carbonyl (C=O) groups excluding carboxylic acids is 1. The van der Waals surface area contributed by atoms with Crippen molar-refractivity contribution in [2.45, 2.75) is 50.3 Å². The van der Waals surface area contributed by atoms with Crippen molar-refractivity contribution in [3.05, 3.63) is 41.5 Å². The van der Waals surface area contributed by atoms with Gasteiger partial charge >= 0.3 is 0 Å². The highest BCUT2D eigenvalue weighted by atomic mass is 32.2.